The molecule has 1 saturated heterocycles. The fraction of sp³-hybridized carbons (Fsp3) is 1.00. The van der Waals surface area contributed by atoms with Crippen LogP contribution >= 0.6 is 12.4 Å². The van der Waals surface area contributed by atoms with Gasteiger partial charge in [0, 0.05) is 0 Å². The van der Waals surface area contributed by atoms with Crippen LogP contribution < -0.4 is 5.32 Å². The van der Waals surface area contributed by atoms with Crippen LogP contribution in [0, 0.1) is 11.3 Å². The number of piperidine rings is 1. The summed E-state index contributed by atoms with van der Waals surface area (Å²) < 4.78 is 0. The molecule has 0 aromatic heterocycles. The first-order valence-corrected chi connectivity index (χ1v) is 4.52. The van der Waals surface area contributed by atoms with Gasteiger partial charge < -0.3 is 5.32 Å². The zero-order valence-corrected chi connectivity index (χ0v) is 8.04. The van der Waals surface area contributed by atoms with Crippen LogP contribution in [0.2, 0.25) is 0 Å². The van der Waals surface area contributed by atoms with Crippen molar-refractivity contribution in [2.24, 2.45) is 11.3 Å². The number of rotatable bonds is 1. The zero-order valence-electron chi connectivity index (χ0n) is 7.23. The molecule has 1 nitrogen and oxygen atoms in total. The van der Waals surface area contributed by atoms with Gasteiger partial charge in [0.05, 0.1) is 0 Å². The summed E-state index contributed by atoms with van der Waals surface area (Å²) in [6.07, 6.45) is 5.85. The van der Waals surface area contributed by atoms with Crippen molar-refractivity contribution in [3.05, 3.63) is 0 Å². The Bertz CT molecular complexity index is 126. The lowest BCUT2D eigenvalue weighted by molar-refractivity contribution is 0.192. The SMILES string of the molecule is CC1(C2CC2)CCNCC1.Cl. The average Bonchev–Trinajstić information content (AvgIpc) is 2.69. The Balaban J connectivity index is 0.000000605. The first kappa shape index (κ1) is 9.34. The van der Waals surface area contributed by atoms with Gasteiger partial charge >= 0.3 is 0 Å². The van der Waals surface area contributed by atoms with Crippen LogP contribution in [-0.2, 0) is 0 Å². The lowest BCUT2D eigenvalue weighted by atomic mass is 9.77. The minimum Gasteiger partial charge on any atom is -0.317 e. The molecule has 1 N–H and O–H groups in total. The second-order valence-electron chi connectivity index (χ2n) is 4.18. The van der Waals surface area contributed by atoms with Gasteiger partial charge in [-0.25, -0.2) is 0 Å². The van der Waals surface area contributed by atoms with E-state index in [0.717, 1.165) is 11.3 Å². The second-order valence-corrected chi connectivity index (χ2v) is 4.18. The third-order valence-electron chi connectivity index (χ3n) is 3.31. The van der Waals surface area contributed by atoms with Crippen LogP contribution in [0.25, 0.3) is 0 Å². The molecular formula is C9H18ClN. The summed E-state index contributed by atoms with van der Waals surface area (Å²) in [5.41, 5.74) is 0.727. The van der Waals surface area contributed by atoms with E-state index in [1.165, 1.54) is 38.8 Å². The van der Waals surface area contributed by atoms with E-state index in [-0.39, 0.29) is 12.4 Å². The van der Waals surface area contributed by atoms with E-state index in [1.807, 2.05) is 0 Å². The molecule has 0 amide bonds. The molecule has 11 heavy (non-hydrogen) atoms. The van der Waals surface area contributed by atoms with Crippen LogP contribution in [-0.4, -0.2) is 13.1 Å². The normalized spacial score (nSPS) is 29.2. The first-order valence-electron chi connectivity index (χ1n) is 4.52. The fourth-order valence-corrected chi connectivity index (χ4v) is 2.19. The molecule has 0 aromatic carbocycles. The van der Waals surface area contributed by atoms with Gasteiger partial charge in [-0.2, -0.15) is 0 Å². The van der Waals surface area contributed by atoms with Crippen molar-refractivity contribution in [3.8, 4) is 0 Å². The van der Waals surface area contributed by atoms with Crippen molar-refractivity contribution in [1.29, 1.82) is 0 Å². The largest absolute Gasteiger partial charge is 0.317 e. The van der Waals surface area contributed by atoms with E-state index < -0.39 is 0 Å². The van der Waals surface area contributed by atoms with Gasteiger partial charge in [-0.15, -0.1) is 12.4 Å². The van der Waals surface area contributed by atoms with Gasteiger partial charge in [0.15, 0.2) is 0 Å². The van der Waals surface area contributed by atoms with E-state index in [9.17, 15) is 0 Å². The van der Waals surface area contributed by atoms with E-state index in [1.54, 1.807) is 0 Å². The molecule has 1 aliphatic heterocycles. The van der Waals surface area contributed by atoms with Gasteiger partial charge in [0.25, 0.3) is 0 Å². The molecule has 1 aliphatic carbocycles. The highest BCUT2D eigenvalue weighted by atomic mass is 35.5. The quantitative estimate of drug-likeness (QED) is 0.645. The van der Waals surface area contributed by atoms with Crippen molar-refractivity contribution in [1.82, 2.24) is 5.32 Å². The molecule has 0 atom stereocenters. The molecule has 2 heteroatoms. The van der Waals surface area contributed by atoms with E-state index in [2.05, 4.69) is 12.2 Å². The fourth-order valence-electron chi connectivity index (χ4n) is 2.19. The molecule has 0 aromatic rings. The molecule has 2 aliphatic rings. The zero-order chi connectivity index (χ0) is 7.03. The first-order chi connectivity index (χ1) is 4.81. The van der Waals surface area contributed by atoms with Gasteiger partial charge in [0.1, 0.15) is 0 Å². The predicted octanol–water partition coefficient (Wildman–Crippen LogP) is 2.21. The molecule has 0 unspecified atom stereocenters. The Kier molecular flexibility index (Phi) is 2.82. The van der Waals surface area contributed by atoms with Gasteiger partial charge in [-0.3, -0.25) is 0 Å². The second kappa shape index (κ2) is 3.32. The highest BCUT2D eigenvalue weighted by molar-refractivity contribution is 5.85. The summed E-state index contributed by atoms with van der Waals surface area (Å²) in [6, 6.07) is 0. The summed E-state index contributed by atoms with van der Waals surface area (Å²) in [5.74, 6) is 1.09. The maximum atomic E-state index is 3.42. The van der Waals surface area contributed by atoms with Gasteiger partial charge in [0.2, 0.25) is 0 Å². The molecule has 0 spiro atoms. The topological polar surface area (TPSA) is 12.0 Å². The molecule has 0 radical (unpaired) electrons. The third kappa shape index (κ3) is 1.88. The lowest BCUT2D eigenvalue weighted by Gasteiger charge is -2.34. The van der Waals surface area contributed by atoms with Crippen LogP contribution in [0.4, 0.5) is 0 Å². The van der Waals surface area contributed by atoms with Crippen LogP contribution in [0.15, 0.2) is 0 Å². The Morgan fingerprint density at radius 1 is 1.18 bits per heavy atom. The van der Waals surface area contributed by atoms with E-state index in [0.29, 0.717) is 0 Å². The number of nitrogens with one attached hydrogen (secondary N) is 1. The molecular weight excluding hydrogens is 158 g/mol. The molecule has 66 valence electrons. The van der Waals surface area contributed by atoms with Crippen molar-refractivity contribution >= 4 is 12.4 Å². The highest BCUT2D eigenvalue weighted by Gasteiger charge is 2.41. The summed E-state index contributed by atoms with van der Waals surface area (Å²) in [7, 11) is 0. The van der Waals surface area contributed by atoms with Crippen LogP contribution in [0.5, 0.6) is 0 Å². The van der Waals surface area contributed by atoms with Gasteiger partial charge in [-0.1, -0.05) is 6.92 Å². The number of hydrogen-bond donors (Lipinski definition) is 1. The van der Waals surface area contributed by atoms with E-state index >= 15 is 0 Å². The number of halogens is 1. The average molecular weight is 176 g/mol. The Labute approximate surface area is 75.4 Å². The van der Waals surface area contributed by atoms with Crippen molar-refractivity contribution in [2.45, 2.75) is 32.6 Å². The summed E-state index contributed by atoms with van der Waals surface area (Å²) in [6.45, 7) is 4.99. The minimum absolute atomic E-state index is 0. The standard InChI is InChI=1S/C9H17N.ClH/c1-9(8-2-3-8)4-6-10-7-5-9;/h8,10H,2-7H2,1H3;1H. The third-order valence-corrected chi connectivity index (χ3v) is 3.31. The molecule has 0 bridgehead atoms. The summed E-state index contributed by atoms with van der Waals surface area (Å²) >= 11 is 0. The molecule has 1 saturated carbocycles. The predicted molar refractivity (Wildman–Crippen MR) is 50.2 cm³/mol. The summed E-state index contributed by atoms with van der Waals surface area (Å²) in [4.78, 5) is 0. The summed E-state index contributed by atoms with van der Waals surface area (Å²) in [5, 5.41) is 3.42. The van der Waals surface area contributed by atoms with Crippen LogP contribution in [0.1, 0.15) is 32.6 Å². The Morgan fingerprint density at radius 2 is 1.73 bits per heavy atom. The minimum atomic E-state index is 0. The van der Waals surface area contributed by atoms with Crippen molar-refractivity contribution in [2.75, 3.05) is 13.1 Å². The molecule has 1 heterocycles. The highest BCUT2D eigenvalue weighted by Crippen LogP contribution is 2.50. The maximum Gasteiger partial charge on any atom is -0.00436 e. The maximum absolute atomic E-state index is 3.42. The molecule has 2 fully saturated rings. The number of hydrogen-bond acceptors (Lipinski definition) is 1. The van der Waals surface area contributed by atoms with E-state index in [4.69, 9.17) is 0 Å². The van der Waals surface area contributed by atoms with Crippen molar-refractivity contribution in [3.63, 3.8) is 0 Å². The van der Waals surface area contributed by atoms with Crippen molar-refractivity contribution < 1.29 is 0 Å². The Hall–Kier alpha value is 0.250. The molecule has 2 rings (SSSR count). The smallest absolute Gasteiger partial charge is 0.00436 e. The lowest BCUT2D eigenvalue weighted by Crippen LogP contribution is -2.35. The Morgan fingerprint density at radius 3 is 2.18 bits per heavy atom. The van der Waals surface area contributed by atoms with Crippen LogP contribution in [0.3, 0.4) is 0 Å². The van der Waals surface area contributed by atoms with Gasteiger partial charge in [-0.05, 0) is 50.1 Å². The monoisotopic (exact) mass is 175 g/mol.